The maximum atomic E-state index is 12.5. The monoisotopic (exact) mass is 258 g/mol. The zero-order valence-corrected chi connectivity index (χ0v) is 9.72. The zero-order chi connectivity index (χ0) is 13.2. The summed E-state index contributed by atoms with van der Waals surface area (Å²) in [5.74, 6) is 0. The van der Waals surface area contributed by atoms with Crippen molar-refractivity contribution in [3.8, 4) is 0 Å². The van der Waals surface area contributed by atoms with Gasteiger partial charge in [-0.25, -0.2) is 0 Å². The molecule has 0 unspecified atom stereocenters. The summed E-state index contributed by atoms with van der Waals surface area (Å²) in [5.41, 5.74) is 0.882. The lowest BCUT2D eigenvalue weighted by Gasteiger charge is -2.15. The first-order chi connectivity index (χ1) is 8.47. The SMILES string of the molecule is C[C@@H]1O[C@@H](/C=C/c2ccccc2)O[C@@H]1C(F)(F)F. The van der Waals surface area contributed by atoms with Gasteiger partial charge in [-0.05, 0) is 18.6 Å². The molecule has 1 aliphatic rings. The quantitative estimate of drug-likeness (QED) is 0.809. The highest BCUT2D eigenvalue weighted by Gasteiger charge is 2.50. The maximum Gasteiger partial charge on any atom is 0.417 e. The first kappa shape index (κ1) is 13.1. The van der Waals surface area contributed by atoms with Crippen molar-refractivity contribution < 1.29 is 22.6 Å². The van der Waals surface area contributed by atoms with Gasteiger partial charge in [0.1, 0.15) is 0 Å². The minimum Gasteiger partial charge on any atom is -0.343 e. The molecule has 5 heteroatoms. The van der Waals surface area contributed by atoms with Crippen LogP contribution < -0.4 is 0 Å². The second-order valence-electron chi connectivity index (χ2n) is 4.08. The zero-order valence-electron chi connectivity index (χ0n) is 9.72. The molecule has 2 nitrogen and oxygen atoms in total. The van der Waals surface area contributed by atoms with Crippen molar-refractivity contribution in [3.05, 3.63) is 42.0 Å². The molecule has 3 atom stereocenters. The number of hydrogen-bond acceptors (Lipinski definition) is 2. The molecule has 0 N–H and O–H groups in total. The Kier molecular flexibility index (Phi) is 3.73. The van der Waals surface area contributed by atoms with Crippen molar-refractivity contribution in [1.82, 2.24) is 0 Å². The molecule has 1 aliphatic heterocycles. The fourth-order valence-corrected chi connectivity index (χ4v) is 1.76. The Morgan fingerprint density at radius 2 is 1.78 bits per heavy atom. The predicted molar refractivity (Wildman–Crippen MR) is 60.7 cm³/mol. The molecule has 0 aliphatic carbocycles. The Bertz CT molecular complexity index is 414. The smallest absolute Gasteiger partial charge is 0.343 e. The summed E-state index contributed by atoms with van der Waals surface area (Å²) in [7, 11) is 0. The first-order valence-electron chi connectivity index (χ1n) is 5.58. The first-order valence-corrected chi connectivity index (χ1v) is 5.58. The van der Waals surface area contributed by atoms with Gasteiger partial charge in [-0.1, -0.05) is 36.4 Å². The van der Waals surface area contributed by atoms with Gasteiger partial charge in [0.2, 0.25) is 0 Å². The van der Waals surface area contributed by atoms with E-state index >= 15 is 0 Å². The fraction of sp³-hybridized carbons (Fsp3) is 0.385. The van der Waals surface area contributed by atoms with Gasteiger partial charge < -0.3 is 9.47 Å². The van der Waals surface area contributed by atoms with E-state index in [9.17, 15) is 13.2 Å². The van der Waals surface area contributed by atoms with Gasteiger partial charge in [0.05, 0.1) is 6.10 Å². The van der Waals surface area contributed by atoms with E-state index in [4.69, 9.17) is 9.47 Å². The van der Waals surface area contributed by atoms with Crippen LogP contribution in [0, 0.1) is 0 Å². The summed E-state index contributed by atoms with van der Waals surface area (Å²) < 4.78 is 47.5. The van der Waals surface area contributed by atoms with Crippen LogP contribution in [0.5, 0.6) is 0 Å². The molecule has 0 aromatic heterocycles. The standard InChI is InChI=1S/C13H13F3O2/c1-9-12(13(14,15)16)18-11(17-9)8-7-10-5-3-2-4-6-10/h2-9,11-12H,1H3/b8-7+/t9-,11+,12-/m0/s1. The third kappa shape index (κ3) is 3.11. The molecular formula is C13H13F3O2. The lowest BCUT2D eigenvalue weighted by Crippen LogP contribution is -2.35. The highest BCUT2D eigenvalue weighted by Crippen LogP contribution is 2.33. The molecule has 1 aromatic rings. The number of ether oxygens (including phenoxy) is 2. The molecule has 1 saturated heterocycles. The summed E-state index contributed by atoms with van der Waals surface area (Å²) in [6, 6.07) is 9.24. The van der Waals surface area contributed by atoms with E-state index in [0.29, 0.717) is 0 Å². The second kappa shape index (κ2) is 5.12. The number of alkyl halides is 3. The summed E-state index contributed by atoms with van der Waals surface area (Å²) in [6.07, 6.45) is -5.03. The van der Waals surface area contributed by atoms with Gasteiger partial charge in [-0.3, -0.25) is 0 Å². The summed E-state index contributed by atoms with van der Waals surface area (Å²) in [6.45, 7) is 1.36. The van der Waals surface area contributed by atoms with Gasteiger partial charge in [0, 0.05) is 0 Å². The molecule has 1 heterocycles. The minimum atomic E-state index is -4.39. The van der Waals surface area contributed by atoms with Crippen molar-refractivity contribution in [3.63, 3.8) is 0 Å². The largest absolute Gasteiger partial charge is 0.417 e. The topological polar surface area (TPSA) is 18.5 Å². The maximum absolute atomic E-state index is 12.5. The van der Waals surface area contributed by atoms with Crippen LogP contribution >= 0.6 is 0 Å². The van der Waals surface area contributed by atoms with Crippen molar-refractivity contribution >= 4 is 6.08 Å². The second-order valence-corrected chi connectivity index (χ2v) is 4.08. The average Bonchev–Trinajstić information content (AvgIpc) is 2.69. The lowest BCUT2D eigenvalue weighted by atomic mass is 10.2. The summed E-state index contributed by atoms with van der Waals surface area (Å²) in [5, 5.41) is 0. The molecule has 0 bridgehead atoms. The van der Waals surface area contributed by atoms with Crippen molar-refractivity contribution in [2.75, 3.05) is 0 Å². The molecular weight excluding hydrogens is 245 g/mol. The molecule has 0 radical (unpaired) electrons. The number of hydrogen-bond donors (Lipinski definition) is 0. The predicted octanol–water partition coefficient (Wildman–Crippen LogP) is 3.39. The molecule has 1 aromatic carbocycles. The molecule has 0 amide bonds. The van der Waals surface area contributed by atoms with Gasteiger partial charge in [-0.15, -0.1) is 0 Å². The highest BCUT2D eigenvalue weighted by molar-refractivity contribution is 5.49. The third-order valence-corrected chi connectivity index (χ3v) is 2.62. The lowest BCUT2D eigenvalue weighted by molar-refractivity contribution is -0.213. The number of benzene rings is 1. The van der Waals surface area contributed by atoms with Gasteiger partial charge in [0.25, 0.3) is 0 Å². The summed E-state index contributed by atoms with van der Waals surface area (Å²) >= 11 is 0. The molecule has 98 valence electrons. The Balaban J connectivity index is 1.99. The summed E-state index contributed by atoms with van der Waals surface area (Å²) in [4.78, 5) is 0. The Hall–Kier alpha value is -1.33. The molecule has 0 spiro atoms. The van der Waals surface area contributed by atoms with E-state index in [0.717, 1.165) is 5.56 Å². The van der Waals surface area contributed by atoms with Crippen LogP contribution in [0.3, 0.4) is 0 Å². The van der Waals surface area contributed by atoms with E-state index < -0.39 is 24.7 Å². The fourth-order valence-electron chi connectivity index (χ4n) is 1.76. The van der Waals surface area contributed by atoms with Crippen LogP contribution in [0.2, 0.25) is 0 Å². The number of halogens is 3. The van der Waals surface area contributed by atoms with Crippen LogP contribution in [0.25, 0.3) is 6.08 Å². The van der Waals surface area contributed by atoms with E-state index in [1.54, 1.807) is 6.08 Å². The Morgan fingerprint density at radius 1 is 1.11 bits per heavy atom. The van der Waals surface area contributed by atoms with Crippen molar-refractivity contribution in [2.45, 2.75) is 31.6 Å². The third-order valence-electron chi connectivity index (χ3n) is 2.62. The van der Waals surface area contributed by atoms with E-state index in [-0.39, 0.29) is 0 Å². The van der Waals surface area contributed by atoms with Gasteiger partial charge >= 0.3 is 6.18 Å². The molecule has 0 saturated carbocycles. The average molecular weight is 258 g/mol. The Labute approximate surface area is 103 Å². The highest BCUT2D eigenvalue weighted by atomic mass is 19.4. The van der Waals surface area contributed by atoms with Crippen molar-refractivity contribution in [1.29, 1.82) is 0 Å². The minimum absolute atomic E-state index is 0.882. The van der Waals surface area contributed by atoms with Crippen LogP contribution in [0.4, 0.5) is 13.2 Å². The Morgan fingerprint density at radius 3 is 2.33 bits per heavy atom. The van der Waals surface area contributed by atoms with Crippen molar-refractivity contribution in [2.24, 2.45) is 0 Å². The normalized spacial score (nSPS) is 29.0. The van der Waals surface area contributed by atoms with E-state index in [1.165, 1.54) is 13.0 Å². The number of rotatable bonds is 2. The van der Waals surface area contributed by atoms with Crippen LogP contribution in [-0.2, 0) is 9.47 Å². The molecule has 2 rings (SSSR count). The molecule has 1 fully saturated rings. The van der Waals surface area contributed by atoms with Gasteiger partial charge in [-0.2, -0.15) is 13.2 Å². The van der Waals surface area contributed by atoms with Crippen LogP contribution in [0.1, 0.15) is 12.5 Å². The van der Waals surface area contributed by atoms with E-state index in [2.05, 4.69) is 0 Å². The van der Waals surface area contributed by atoms with Crippen LogP contribution in [0.15, 0.2) is 36.4 Å². The van der Waals surface area contributed by atoms with Gasteiger partial charge in [0.15, 0.2) is 12.4 Å². The molecule has 18 heavy (non-hydrogen) atoms. The van der Waals surface area contributed by atoms with Crippen LogP contribution in [-0.4, -0.2) is 24.7 Å². The van der Waals surface area contributed by atoms with E-state index in [1.807, 2.05) is 30.3 Å².